The van der Waals surface area contributed by atoms with E-state index in [0.29, 0.717) is 11.8 Å². The smallest absolute Gasteiger partial charge is 0.340 e. The minimum atomic E-state index is -0.452. The van der Waals surface area contributed by atoms with Gasteiger partial charge in [-0.25, -0.2) is 9.59 Å². The number of allylic oxidation sites excluding steroid dienone is 5. The highest BCUT2D eigenvalue weighted by atomic mass is 16.5. The number of cyclic esters (lactones) is 2. The number of carbonyl (C=O) groups excluding carboxylic acids is 2. The van der Waals surface area contributed by atoms with E-state index in [1.54, 1.807) is 0 Å². The van der Waals surface area contributed by atoms with Gasteiger partial charge in [0.1, 0.15) is 11.5 Å². The minimum absolute atomic E-state index is 0.0181. The summed E-state index contributed by atoms with van der Waals surface area (Å²) in [6.45, 7) is 4.26. The highest BCUT2D eigenvalue weighted by Crippen LogP contribution is 2.68. The quantitative estimate of drug-likeness (QED) is 0.635. The Morgan fingerprint density at radius 1 is 1.07 bits per heavy atom. The summed E-state index contributed by atoms with van der Waals surface area (Å²) in [5.74, 6) is 1.96. The lowest BCUT2D eigenvalue weighted by Crippen LogP contribution is -2.50. The third-order valence-electron chi connectivity index (χ3n) is 7.43. The van der Waals surface area contributed by atoms with Gasteiger partial charge in [0.25, 0.3) is 0 Å². The monoisotopic (exact) mass is 380 g/mol. The van der Waals surface area contributed by atoms with Crippen molar-refractivity contribution in [3.63, 3.8) is 0 Å². The SMILES string of the molecule is CCC/C=C1\OC(=O)C2=C1CC[C@H]1C3C=C4C(=O)O/C(=C\CCC)[C@@]4(CC3)C21. The lowest BCUT2D eigenvalue weighted by molar-refractivity contribution is -0.135. The van der Waals surface area contributed by atoms with E-state index < -0.39 is 5.41 Å². The van der Waals surface area contributed by atoms with Crippen LogP contribution in [0.5, 0.6) is 0 Å². The Bertz CT molecular complexity index is 871. The Morgan fingerprint density at radius 3 is 2.64 bits per heavy atom. The topological polar surface area (TPSA) is 52.6 Å². The Morgan fingerprint density at radius 2 is 1.86 bits per heavy atom. The van der Waals surface area contributed by atoms with Gasteiger partial charge in [0.2, 0.25) is 0 Å². The molecule has 2 heterocycles. The van der Waals surface area contributed by atoms with Crippen molar-refractivity contribution in [3.05, 3.63) is 46.5 Å². The largest absolute Gasteiger partial charge is 0.427 e. The number of rotatable bonds is 4. The molecule has 1 saturated carbocycles. The van der Waals surface area contributed by atoms with E-state index >= 15 is 0 Å². The van der Waals surface area contributed by atoms with Crippen molar-refractivity contribution in [3.8, 4) is 0 Å². The first-order valence-corrected chi connectivity index (χ1v) is 10.9. The summed E-state index contributed by atoms with van der Waals surface area (Å²) in [7, 11) is 0. The predicted molar refractivity (Wildman–Crippen MR) is 105 cm³/mol. The van der Waals surface area contributed by atoms with Crippen molar-refractivity contribution in [2.75, 3.05) is 0 Å². The maximum atomic E-state index is 13.0. The maximum Gasteiger partial charge on any atom is 0.340 e. The lowest BCUT2D eigenvalue weighted by Gasteiger charge is -2.54. The maximum absolute atomic E-state index is 13.0. The molecule has 0 N–H and O–H groups in total. The molecule has 2 fully saturated rings. The van der Waals surface area contributed by atoms with Gasteiger partial charge < -0.3 is 9.47 Å². The van der Waals surface area contributed by atoms with E-state index in [0.717, 1.165) is 79.6 Å². The molecule has 28 heavy (non-hydrogen) atoms. The van der Waals surface area contributed by atoms with Gasteiger partial charge in [-0.2, -0.15) is 0 Å². The predicted octanol–water partition coefficient (Wildman–Crippen LogP) is 5.13. The molecular formula is C24H28O4. The van der Waals surface area contributed by atoms with Crippen molar-refractivity contribution < 1.29 is 19.1 Å². The van der Waals surface area contributed by atoms with Crippen LogP contribution in [0, 0.1) is 23.2 Å². The third-order valence-corrected chi connectivity index (χ3v) is 7.43. The van der Waals surface area contributed by atoms with Crippen LogP contribution in [0.15, 0.2) is 46.5 Å². The van der Waals surface area contributed by atoms with Crippen LogP contribution >= 0.6 is 0 Å². The summed E-state index contributed by atoms with van der Waals surface area (Å²) >= 11 is 0. The van der Waals surface area contributed by atoms with Crippen molar-refractivity contribution in [1.82, 2.24) is 0 Å². The molecule has 4 aliphatic carbocycles. The van der Waals surface area contributed by atoms with Crippen LogP contribution in [0.3, 0.4) is 0 Å². The molecular weight excluding hydrogens is 352 g/mol. The first-order chi connectivity index (χ1) is 13.6. The number of hydrogen-bond acceptors (Lipinski definition) is 4. The molecule has 4 atom stereocenters. The average Bonchev–Trinajstić information content (AvgIpc) is 3.19. The minimum Gasteiger partial charge on any atom is -0.427 e. The molecule has 0 radical (unpaired) electrons. The van der Waals surface area contributed by atoms with E-state index in [-0.39, 0.29) is 17.9 Å². The van der Waals surface area contributed by atoms with E-state index in [1.807, 2.05) is 0 Å². The lowest BCUT2D eigenvalue weighted by atomic mass is 9.47. The van der Waals surface area contributed by atoms with Crippen LogP contribution in [0.4, 0.5) is 0 Å². The summed E-state index contributed by atoms with van der Waals surface area (Å²) in [6, 6.07) is 0. The van der Waals surface area contributed by atoms with Crippen molar-refractivity contribution >= 4 is 11.9 Å². The summed E-state index contributed by atoms with van der Waals surface area (Å²) in [4.78, 5) is 25.8. The summed E-state index contributed by atoms with van der Waals surface area (Å²) < 4.78 is 11.6. The summed E-state index contributed by atoms with van der Waals surface area (Å²) in [6.07, 6.45) is 14.1. The number of esters is 2. The fraction of sp³-hybridized carbons (Fsp3) is 0.583. The first kappa shape index (κ1) is 18.0. The van der Waals surface area contributed by atoms with Gasteiger partial charge in [0.05, 0.1) is 5.41 Å². The van der Waals surface area contributed by atoms with Crippen LogP contribution in [-0.2, 0) is 19.1 Å². The Balaban J connectivity index is 1.68. The van der Waals surface area contributed by atoms with Gasteiger partial charge in [-0.05, 0) is 62.5 Å². The van der Waals surface area contributed by atoms with Crippen LogP contribution in [0.25, 0.3) is 0 Å². The Hall–Kier alpha value is -2.10. The fourth-order valence-corrected chi connectivity index (χ4v) is 6.29. The molecule has 4 nitrogen and oxygen atoms in total. The van der Waals surface area contributed by atoms with Crippen LogP contribution in [0.1, 0.15) is 65.2 Å². The van der Waals surface area contributed by atoms with E-state index in [2.05, 4.69) is 32.1 Å². The van der Waals surface area contributed by atoms with Crippen LogP contribution < -0.4 is 0 Å². The number of carbonyl (C=O) groups is 2. The second-order valence-corrected chi connectivity index (χ2v) is 8.82. The molecule has 0 amide bonds. The normalized spacial score (nSPS) is 38.4. The molecule has 1 spiro atoms. The Kier molecular flexibility index (Phi) is 4.15. The molecule has 1 saturated heterocycles. The van der Waals surface area contributed by atoms with Gasteiger partial charge in [0, 0.05) is 22.6 Å². The summed E-state index contributed by atoms with van der Waals surface area (Å²) in [5, 5.41) is 0. The number of fused-ring (bicyclic) bond motifs is 1. The first-order valence-electron chi connectivity index (χ1n) is 10.9. The third kappa shape index (κ3) is 2.23. The van der Waals surface area contributed by atoms with Crippen LogP contribution in [0.2, 0.25) is 0 Å². The van der Waals surface area contributed by atoms with Crippen molar-refractivity contribution in [2.24, 2.45) is 23.2 Å². The molecule has 148 valence electrons. The second kappa shape index (κ2) is 6.47. The van der Waals surface area contributed by atoms with Crippen LogP contribution in [-0.4, -0.2) is 11.9 Å². The second-order valence-electron chi connectivity index (χ2n) is 8.82. The molecule has 0 aromatic heterocycles. The van der Waals surface area contributed by atoms with Crippen molar-refractivity contribution in [2.45, 2.75) is 65.2 Å². The van der Waals surface area contributed by atoms with E-state index in [9.17, 15) is 9.59 Å². The molecule has 6 aliphatic rings. The molecule has 4 heteroatoms. The van der Waals surface area contributed by atoms with Gasteiger partial charge in [-0.1, -0.05) is 32.8 Å². The van der Waals surface area contributed by atoms with Gasteiger partial charge >= 0.3 is 11.9 Å². The van der Waals surface area contributed by atoms with Crippen molar-refractivity contribution in [1.29, 1.82) is 0 Å². The molecule has 0 aromatic carbocycles. The zero-order chi connectivity index (χ0) is 19.5. The van der Waals surface area contributed by atoms with E-state index in [1.165, 1.54) is 0 Å². The van der Waals surface area contributed by atoms with Gasteiger partial charge in [-0.3, -0.25) is 0 Å². The molecule has 0 aromatic rings. The zero-order valence-corrected chi connectivity index (χ0v) is 16.8. The molecule has 2 bridgehead atoms. The standard InChI is InChI=1S/C24H28O4/c1-3-5-7-18-16-10-9-15-14-11-12-24(21(15)20(16)23(26)27-18)17(13-14)22(25)28-19(24)8-6-4-2/h7-8,13-15,21H,3-6,9-12H2,1-2H3/b18-7-,19-8-/t14?,15-,21?,24-/m0/s1. The number of ether oxygens (including phenoxy) is 2. The summed E-state index contributed by atoms with van der Waals surface area (Å²) in [5.41, 5.74) is 2.29. The highest BCUT2D eigenvalue weighted by Gasteiger charge is 2.66. The Labute approximate surface area is 166 Å². The molecule has 2 unspecified atom stereocenters. The molecule has 2 aliphatic heterocycles. The number of hydrogen-bond donors (Lipinski definition) is 0. The van der Waals surface area contributed by atoms with Gasteiger partial charge in [-0.15, -0.1) is 0 Å². The van der Waals surface area contributed by atoms with E-state index in [4.69, 9.17) is 9.47 Å². The fourth-order valence-electron chi connectivity index (χ4n) is 6.29. The molecule has 6 rings (SSSR count). The highest BCUT2D eigenvalue weighted by molar-refractivity contribution is 5.99. The zero-order valence-electron chi connectivity index (χ0n) is 16.8. The van der Waals surface area contributed by atoms with Gasteiger partial charge in [0.15, 0.2) is 0 Å². The average molecular weight is 380 g/mol. The number of unbranched alkanes of at least 4 members (excludes halogenated alkanes) is 2.